The maximum Gasteiger partial charge on any atom is 0.289 e. The Morgan fingerprint density at radius 2 is 1.61 bits per heavy atom. The van der Waals surface area contributed by atoms with E-state index in [1.165, 1.54) is 26.4 Å². The fourth-order valence-electron chi connectivity index (χ4n) is 6.93. The van der Waals surface area contributed by atoms with Gasteiger partial charge < -0.3 is 26.2 Å². The fourth-order valence-corrected chi connectivity index (χ4v) is 6.93. The highest BCUT2D eigenvalue weighted by molar-refractivity contribution is 6.61. The van der Waals surface area contributed by atoms with Gasteiger partial charge in [0.05, 0.1) is 12.3 Å². The van der Waals surface area contributed by atoms with E-state index in [2.05, 4.69) is 37.8 Å². The van der Waals surface area contributed by atoms with Gasteiger partial charge in [0.25, 0.3) is 11.8 Å². The van der Waals surface area contributed by atoms with Crippen molar-refractivity contribution in [2.75, 3.05) is 13.6 Å². The maximum absolute atomic E-state index is 14.4. The Kier molecular flexibility index (Phi) is 10.5. The van der Waals surface area contributed by atoms with Gasteiger partial charge in [0, 0.05) is 25.8 Å². The zero-order chi connectivity index (χ0) is 34.1. The van der Waals surface area contributed by atoms with E-state index in [1.54, 1.807) is 18.7 Å². The molecule has 0 aromatic rings. The molecule has 0 radical (unpaired) electrons. The normalized spacial score (nSPS) is 27.3. The van der Waals surface area contributed by atoms with Crippen LogP contribution < -0.4 is 21.3 Å². The van der Waals surface area contributed by atoms with Gasteiger partial charge in [0.1, 0.15) is 23.8 Å². The average molecular weight is 640 g/mol. The summed E-state index contributed by atoms with van der Waals surface area (Å²) in [4.78, 5) is 89.4. The van der Waals surface area contributed by atoms with Crippen LogP contribution in [0.2, 0.25) is 0 Å². The highest BCUT2D eigenvalue weighted by Gasteiger charge is 2.63. The van der Waals surface area contributed by atoms with Crippen LogP contribution in [-0.4, -0.2) is 95.9 Å². The molecule has 0 spiro atoms. The molecular weight excluding hydrogens is 590 g/mol. The second-order valence-corrected chi connectivity index (χ2v) is 14.6. The summed E-state index contributed by atoms with van der Waals surface area (Å²) < 4.78 is 0. The smallest absolute Gasteiger partial charge is 0.289 e. The Morgan fingerprint density at radius 3 is 2.17 bits per heavy atom. The topological polar surface area (TPSA) is 178 Å². The van der Waals surface area contributed by atoms with Gasteiger partial charge in [-0.1, -0.05) is 41.2 Å². The summed E-state index contributed by atoms with van der Waals surface area (Å²) >= 11 is 0. The van der Waals surface area contributed by atoms with Crippen molar-refractivity contribution in [2.45, 2.75) is 97.4 Å². The lowest BCUT2D eigenvalue weighted by molar-refractivity contribution is -0.146. The summed E-state index contributed by atoms with van der Waals surface area (Å²) in [6, 6.07) is -3.90. The van der Waals surface area contributed by atoms with Crippen molar-refractivity contribution >= 4 is 47.2 Å². The lowest BCUT2D eigenvalue weighted by Crippen LogP contribution is -2.62. The number of hydrogen-bond acceptors (Lipinski definition) is 8. The summed E-state index contributed by atoms with van der Waals surface area (Å²) in [5.74, 6) is -2.88. The Labute approximate surface area is 270 Å². The number of aliphatic imine (C=N–C) groups is 2. The van der Waals surface area contributed by atoms with Crippen LogP contribution in [0.3, 0.4) is 0 Å². The van der Waals surface area contributed by atoms with Crippen molar-refractivity contribution in [3.63, 3.8) is 0 Å². The van der Waals surface area contributed by atoms with Crippen LogP contribution >= 0.6 is 0 Å². The first-order valence-electron chi connectivity index (χ1n) is 16.3. The van der Waals surface area contributed by atoms with Crippen LogP contribution in [0.15, 0.2) is 22.8 Å². The molecule has 1 aliphatic heterocycles. The predicted octanol–water partition coefficient (Wildman–Crippen LogP) is 0.779. The second-order valence-electron chi connectivity index (χ2n) is 14.6. The third-order valence-corrected chi connectivity index (χ3v) is 9.54. The second kappa shape index (κ2) is 13.8. The van der Waals surface area contributed by atoms with Crippen LogP contribution in [0.1, 0.15) is 67.2 Å². The molecule has 0 aromatic carbocycles. The standard InChI is InChI=1S/C33H49N7O6/c1-9-35-22(14-34-8)28(42)38-24(16(2)3)29(43)39-27(33(5,6)7)32(46)40-15-19-12-18-13-21(18)23(19)25(40)30(44)36-17(4)26(41)31(45)37-20-10-11-20/h9,14,16-21,23-25,27H,1,10-13,15H2,2-8H3,(H,36,44)(H,37,45)(H,38,42)(H,39,43)/t17-,18?,19-,21?,23+,24-,25-,27+/m0/s1. The fraction of sp³-hybridized carbons (Fsp3) is 0.697. The lowest BCUT2D eigenvalue weighted by atomic mass is 9.84. The third kappa shape index (κ3) is 7.72. The van der Waals surface area contributed by atoms with Gasteiger partial charge in [0.2, 0.25) is 23.5 Å². The SMILES string of the molecule is C=CN=C(C=NC)C(=O)N[C@H](C(=O)N[C@H](C(=O)N1C[C@@H]2CC3CC3[C@@H]2[C@H]1C(=O)N[C@@H](C)C(=O)C(=O)NC1CC1)C(C)(C)C)C(C)C. The summed E-state index contributed by atoms with van der Waals surface area (Å²) in [7, 11) is 1.49. The zero-order valence-corrected chi connectivity index (χ0v) is 28.0. The number of Topliss-reactive ketones (excluding diaryl/α,β-unsaturated/α-hetero) is 1. The van der Waals surface area contributed by atoms with Crippen LogP contribution in [0, 0.1) is 35.0 Å². The largest absolute Gasteiger partial charge is 0.347 e. The molecule has 13 nitrogen and oxygen atoms in total. The number of fused-ring (bicyclic) bond motifs is 3. The molecule has 8 atom stereocenters. The Balaban J connectivity index is 1.53. The van der Waals surface area contributed by atoms with Gasteiger partial charge in [-0.2, -0.15) is 0 Å². The molecule has 3 aliphatic carbocycles. The summed E-state index contributed by atoms with van der Waals surface area (Å²) in [5, 5.41) is 11.0. The molecule has 4 fully saturated rings. The molecule has 4 rings (SSSR count). The first-order valence-corrected chi connectivity index (χ1v) is 16.3. The van der Waals surface area contributed by atoms with Crippen LogP contribution in [-0.2, 0) is 28.8 Å². The molecule has 4 N–H and O–H groups in total. The van der Waals surface area contributed by atoms with E-state index < -0.39 is 64.9 Å². The molecule has 3 saturated carbocycles. The van der Waals surface area contributed by atoms with Crippen molar-refractivity contribution in [3.05, 3.63) is 12.8 Å². The molecule has 2 unspecified atom stereocenters. The van der Waals surface area contributed by atoms with Crippen molar-refractivity contribution in [1.29, 1.82) is 0 Å². The predicted molar refractivity (Wildman–Crippen MR) is 173 cm³/mol. The number of carbonyl (C=O) groups excluding carboxylic acids is 6. The van der Waals surface area contributed by atoms with Crippen molar-refractivity contribution in [2.24, 2.45) is 45.0 Å². The number of nitrogens with zero attached hydrogens (tertiary/aromatic N) is 3. The molecule has 0 aromatic heterocycles. The van der Waals surface area contributed by atoms with Crippen molar-refractivity contribution in [3.8, 4) is 0 Å². The number of rotatable bonds is 13. The maximum atomic E-state index is 14.4. The van der Waals surface area contributed by atoms with E-state index >= 15 is 0 Å². The molecule has 4 aliphatic rings. The van der Waals surface area contributed by atoms with Gasteiger partial charge in [-0.15, -0.1) is 0 Å². The minimum Gasteiger partial charge on any atom is -0.347 e. The Bertz CT molecular complexity index is 1330. The molecular formula is C33H49N7O6. The number of hydrogen-bond donors (Lipinski definition) is 4. The monoisotopic (exact) mass is 639 g/mol. The molecule has 252 valence electrons. The van der Waals surface area contributed by atoms with Gasteiger partial charge in [0.15, 0.2) is 0 Å². The molecule has 1 heterocycles. The number of likely N-dealkylation sites (tertiary alicyclic amines) is 1. The quantitative estimate of drug-likeness (QED) is 0.171. The number of carbonyl (C=O) groups is 6. The lowest BCUT2D eigenvalue weighted by Gasteiger charge is -2.37. The van der Waals surface area contributed by atoms with Crippen LogP contribution in [0.4, 0.5) is 0 Å². The highest BCUT2D eigenvalue weighted by Crippen LogP contribution is 2.62. The van der Waals surface area contributed by atoms with E-state index in [9.17, 15) is 28.8 Å². The number of amides is 5. The number of ketones is 1. The van der Waals surface area contributed by atoms with E-state index in [0.29, 0.717) is 18.4 Å². The van der Waals surface area contributed by atoms with Gasteiger partial charge in [-0.25, -0.2) is 0 Å². The van der Waals surface area contributed by atoms with Crippen LogP contribution in [0.5, 0.6) is 0 Å². The third-order valence-electron chi connectivity index (χ3n) is 9.54. The molecule has 0 bridgehead atoms. The molecule has 46 heavy (non-hydrogen) atoms. The molecule has 1 saturated heterocycles. The molecule has 5 amide bonds. The highest BCUT2D eigenvalue weighted by atomic mass is 16.2. The van der Waals surface area contributed by atoms with Crippen molar-refractivity contribution in [1.82, 2.24) is 26.2 Å². The Hall–Kier alpha value is -3.90. The average Bonchev–Trinajstić information content (AvgIpc) is 3.88. The van der Waals surface area contributed by atoms with E-state index in [-0.39, 0.29) is 29.5 Å². The van der Waals surface area contributed by atoms with Gasteiger partial charge in [-0.3, -0.25) is 38.8 Å². The van der Waals surface area contributed by atoms with Gasteiger partial charge in [-0.05, 0) is 67.6 Å². The van der Waals surface area contributed by atoms with E-state index in [4.69, 9.17) is 0 Å². The first-order chi connectivity index (χ1) is 21.6. The first kappa shape index (κ1) is 35.0. The molecule has 13 heteroatoms. The minimum absolute atomic E-state index is 0.00835. The van der Waals surface area contributed by atoms with Gasteiger partial charge >= 0.3 is 0 Å². The van der Waals surface area contributed by atoms with Crippen molar-refractivity contribution < 1.29 is 28.8 Å². The minimum atomic E-state index is -1.06. The van der Waals surface area contributed by atoms with Crippen LogP contribution in [0.25, 0.3) is 0 Å². The summed E-state index contributed by atoms with van der Waals surface area (Å²) in [6.45, 7) is 14.4. The van der Waals surface area contributed by atoms with E-state index in [0.717, 1.165) is 25.7 Å². The number of nitrogens with one attached hydrogen (secondary N) is 4. The zero-order valence-electron chi connectivity index (χ0n) is 28.0. The van der Waals surface area contributed by atoms with E-state index in [1.807, 2.05) is 20.8 Å². The summed E-state index contributed by atoms with van der Waals surface area (Å²) in [5.41, 5.74) is -0.777. The summed E-state index contributed by atoms with van der Waals surface area (Å²) in [6.07, 6.45) is 6.06. The Morgan fingerprint density at radius 1 is 0.935 bits per heavy atom.